The van der Waals surface area contributed by atoms with Crippen LogP contribution < -0.4 is 10.1 Å². The minimum absolute atomic E-state index is 0.174. The molecule has 140 valence electrons. The van der Waals surface area contributed by atoms with E-state index >= 15 is 0 Å². The fraction of sp³-hybridized carbons (Fsp3) is 0.550. The molecule has 1 N–H and O–H groups in total. The van der Waals surface area contributed by atoms with Crippen molar-refractivity contribution < 1.29 is 19.1 Å². The lowest BCUT2D eigenvalue weighted by molar-refractivity contribution is -0.150. The van der Waals surface area contributed by atoms with Gasteiger partial charge in [-0.15, -0.1) is 0 Å². The zero-order chi connectivity index (χ0) is 19.3. The molecule has 0 aromatic heterocycles. The van der Waals surface area contributed by atoms with Gasteiger partial charge in [-0.05, 0) is 61.8 Å². The van der Waals surface area contributed by atoms with Gasteiger partial charge in [-0.2, -0.15) is 5.26 Å². The van der Waals surface area contributed by atoms with E-state index in [1.54, 1.807) is 6.92 Å². The van der Waals surface area contributed by atoms with E-state index in [1.165, 1.54) is 5.56 Å². The van der Waals surface area contributed by atoms with Crippen molar-refractivity contribution in [2.75, 3.05) is 13.2 Å². The van der Waals surface area contributed by atoms with Crippen LogP contribution in [0.1, 0.15) is 50.7 Å². The van der Waals surface area contributed by atoms with Gasteiger partial charge in [0.05, 0.1) is 6.07 Å². The van der Waals surface area contributed by atoms with Gasteiger partial charge in [-0.25, -0.2) is 4.79 Å². The number of ether oxygens (including phenoxy) is 2. The van der Waals surface area contributed by atoms with Crippen molar-refractivity contribution >= 4 is 11.9 Å². The lowest BCUT2D eigenvalue weighted by Crippen LogP contribution is -2.48. The van der Waals surface area contributed by atoms with Crippen molar-refractivity contribution in [3.63, 3.8) is 0 Å². The van der Waals surface area contributed by atoms with E-state index in [4.69, 9.17) is 9.47 Å². The van der Waals surface area contributed by atoms with Crippen LogP contribution in [0.5, 0.6) is 5.75 Å². The van der Waals surface area contributed by atoms with Crippen LogP contribution in [-0.4, -0.2) is 30.6 Å². The fourth-order valence-electron chi connectivity index (χ4n) is 2.92. The summed E-state index contributed by atoms with van der Waals surface area (Å²) >= 11 is 0. The van der Waals surface area contributed by atoms with Gasteiger partial charge in [0.15, 0.2) is 13.2 Å². The van der Waals surface area contributed by atoms with Gasteiger partial charge >= 0.3 is 5.97 Å². The number of carbonyl (C=O) groups is 2. The molecule has 0 heterocycles. The molecule has 1 atom stereocenters. The van der Waals surface area contributed by atoms with Gasteiger partial charge in [0.1, 0.15) is 11.3 Å². The Morgan fingerprint density at radius 3 is 2.58 bits per heavy atom. The molecule has 1 fully saturated rings. The van der Waals surface area contributed by atoms with Crippen molar-refractivity contribution in [3.05, 3.63) is 29.3 Å². The van der Waals surface area contributed by atoms with E-state index in [2.05, 4.69) is 25.2 Å². The second kappa shape index (κ2) is 8.22. The molecule has 0 spiro atoms. The van der Waals surface area contributed by atoms with Gasteiger partial charge in [0.25, 0.3) is 5.91 Å². The van der Waals surface area contributed by atoms with Crippen LogP contribution in [0, 0.1) is 24.2 Å². The first kappa shape index (κ1) is 19.8. The number of hydrogen-bond donors (Lipinski definition) is 1. The summed E-state index contributed by atoms with van der Waals surface area (Å²) in [5.41, 5.74) is 1.43. The summed E-state index contributed by atoms with van der Waals surface area (Å²) in [5.74, 6) is 0.0659. The van der Waals surface area contributed by atoms with Gasteiger partial charge in [-0.1, -0.05) is 19.9 Å². The van der Waals surface area contributed by atoms with Crippen LogP contribution in [0.25, 0.3) is 0 Å². The zero-order valence-corrected chi connectivity index (χ0v) is 15.8. The summed E-state index contributed by atoms with van der Waals surface area (Å²) in [6, 6.07) is 7.80. The normalized spacial score (nSPS) is 15.7. The van der Waals surface area contributed by atoms with E-state index in [0.717, 1.165) is 18.4 Å². The van der Waals surface area contributed by atoms with Crippen LogP contribution in [-0.2, 0) is 14.3 Å². The van der Waals surface area contributed by atoms with Gasteiger partial charge < -0.3 is 14.8 Å². The Morgan fingerprint density at radius 2 is 2.04 bits per heavy atom. The molecule has 0 aliphatic heterocycles. The quantitative estimate of drug-likeness (QED) is 0.722. The van der Waals surface area contributed by atoms with E-state index in [9.17, 15) is 14.9 Å². The zero-order valence-electron chi connectivity index (χ0n) is 15.8. The van der Waals surface area contributed by atoms with Crippen molar-refractivity contribution in [2.24, 2.45) is 5.92 Å². The van der Waals surface area contributed by atoms with Gasteiger partial charge in [-0.3, -0.25) is 4.79 Å². The molecule has 6 nitrogen and oxygen atoms in total. The van der Waals surface area contributed by atoms with Crippen molar-refractivity contribution in [2.45, 2.75) is 52.0 Å². The third kappa shape index (κ3) is 5.22. The maximum atomic E-state index is 11.9. The number of nitrogens with zero attached hydrogens (tertiary/aromatic N) is 1. The summed E-state index contributed by atoms with van der Waals surface area (Å²) in [6.45, 7) is 7.23. The molecule has 1 aromatic rings. The molecule has 1 saturated carbocycles. The molecule has 0 bridgehead atoms. The van der Waals surface area contributed by atoms with E-state index in [1.807, 2.05) is 25.1 Å². The molecule has 1 aromatic carbocycles. The van der Waals surface area contributed by atoms with Gasteiger partial charge in [0, 0.05) is 0 Å². The number of amides is 1. The highest BCUT2D eigenvalue weighted by atomic mass is 16.6. The molecule has 6 heteroatoms. The van der Waals surface area contributed by atoms with Crippen LogP contribution >= 0.6 is 0 Å². The standard InChI is InChI=1S/C20H26N2O4/c1-13(2)17-8-7-16(9-14(17)3)25-11-19(24)26-10-18(23)22-20(4,12-21)15-5-6-15/h7-9,13,15H,5-6,10-11H2,1-4H3,(H,22,23)/t20-/m0/s1. The monoisotopic (exact) mass is 358 g/mol. The summed E-state index contributed by atoms with van der Waals surface area (Å²) < 4.78 is 10.4. The maximum Gasteiger partial charge on any atom is 0.344 e. The van der Waals surface area contributed by atoms with Crippen LogP contribution in [0.15, 0.2) is 18.2 Å². The number of carbonyl (C=O) groups excluding carboxylic acids is 2. The Bertz CT molecular complexity index is 719. The second-order valence-corrected chi connectivity index (χ2v) is 7.26. The molecule has 26 heavy (non-hydrogen) atoms. The molecule has 0 saturated heterocycles. The smallest absolute Gasteiger partial charge is 0.344 e. The molecule has 2 rings (SSSR count). The highest BCUT2D eigenvalue weighted by Gasteiger charge is 2.43. The maximum absolute atomic E-state index is 11.9. The van der Waals surface area contributed by atoms with E-state index in [0.29, 0.717) is 11.7 Å². The van der Waals surface area contributed by atoms with Crippen LogP contribution in [0.3, 0.4) is 0 Å². The van der Waals surface area contributed by atoms with E-state index < -0.39 is 24.0 Å². The number of rotatable bonds is 8. The molecule has 1 aliphatic rings. The average molecular weight is 358 g/mol. The van der Waals surface area contributed by atoms with E-state index in [-0.39, 0.29) is 12.5 Å². The Morgan fingerprint density at radius 1 is 1.35 bits per heavy atom. The lowest BCUT2D eigenvalue weighted by Gasteiger charge is -2.22. The summed E-state index contributed by atoms with van der Waals surface area (Å²) in [5, 5.41) is 11.9. The van der Waals surface area contributed by atoms with Crippen LogP contribution in [0.4, 0.5) is 0 Å². The van der Waals surface area contributed by atoms with Crippen molar-refractivity contribution in [1.29, 1.82) is 5.26 Å². The van der Waals surface area contributed by atoms with Crippen molar-refractivity contribution in [1.82, 2.24) is 5.32 Å². The Hall–Kier alpha value is -2.55. The van der Waals surface area contributed by atoms with Gasteiger partial charge in [0.2, 0.25) is 0 Å². The number of hydrogen-bond acceptors (Lipinski definition) is 5. The first-order valence-corrected chi connectivity index (χ1v) is 8.86. The second-order valence-electron chi connectivity index (χ2n) is 7.26. The molecule has 1 amide bonds. The third-order valence-electron chi connectivity index (χ3n) is 4.61. The summed E-state index contributed by atoms with van der Waals surface area (Å²) in [4.78, 5) is 23.7. The third-order valence-corrected chi connectivity index (χ3v) is 4.61. The number of benzene rings is 1. The lowest BCUT2D eigenvalue weighted by atomic mass is 9.98. The van der Waals surface area contributed by atoms with Crippen molar-refractivity contribution in [3.8, 4) is 11.8 Å². The highest BCUT2D eigenvalue weighted by Crippen LogP contribution is 2.39. The predicted octanol–water partition coefficient (Wildman–Crippen LogP) is 2.85. The minimum Gasteiger partial charge on any atom is -0.482 e. The number of nitriles is 1. The highest BCUT2D eigenvalue weighted by molar-refractivity contribution is 5.81. The molecular formula is C20H26N2O4. The molecule has 0 unspecified atom stereocenters. The molecular weight excluding hydrogens is 332 g/mol. The Labute approximate surface area is 154 Å². The molecule has 1 aliphatic carbocycles. The summed E-state index contributed by atoms with van der Waals surface area (Å²) in [7, 11) is 0. The molecule has 0 radical (unpaired) electrons. The first-order valence-electron chi connectivity index (χ1n) is 8.86. The topological polar surface area (TPSA) is 88.4 Å². The average Bonchev–Trinajstić information content (AvgIpc) is 3.43. The largest absolute Gasteiger partial charge is 0.482 e. The first-order chi connectivity index (χ1) is 12.2. The summed E-state index contributed by atoms with van der Waals surface area (Å²) in [6.07, 6.45) is 1.85. The Balaban J connectivity index is 1.76. The number of esters is 1. The number of aryl methyl sites for hydroxylation is 1. The SMILES string of the molecule is Cc1cc(OCC(=O)OCC(=O)N[C@@](C)(C#N)C2CC2)ccc1C(C)C. The minimum atomic E-state index is -0.893. The Kier molecular flexibility index (Phi) is 6.25. The van der Waals surface area contributed by atoms with Crippen LogP contribution in [0.2, 0.25) is 0 Å². The fourth-order valence-corrected chi connectivity index (χ4v) is 2.92. The predicted molar refractivity (Wildman–Crippen MR) is 96.6 cm³/mol. The number of nitrogens with one attached hydrogen (secondary N) is 1.